The number of aliphatic hydroxyl groups excluding tert-OH is 2. The Morgan fingerprint density at radius 1 is 1.05 bits per heavy atom. The molecule has 2 N–H and O–H groups in total. The number of esters is 1. The molecule has 1 fully saturated rings. The third kappa shape index (κ3) is 10.3. The predicted molar refractivity (Wildman–Crippen MR) is 172 cm³/mol. The van der Waals surface area contributed by atoms with E-state index in [0.29, 0.717) is 43.1 Å². The Kier molecular flexibility index (Phi) is 12.9. The molecule has 0 amide bonds. The average molecular weight is 623 g/mol. The summed E-state index contributed by atoms with van der Waals surface area (Å²) >= 11 is 7.65. The zero-order chi connectivity index (χ0) is 30.6. The van der Waals surface area contributed by atoms with Gasteiger partial charge in [-0.05, 0) is 70.9 Å². The second kappa shape index (κ2) is 16.8. The minimum atomic E-state index is -0.731. The zero-order valence-electron chi connectivity index (χ0n) is 24.4. The highest BCUT2D eigenvalue weighted by atomic mass is 35.5. The maximum Gasteiger partial charge on any atom is 0.311 e. The van der Waals surface area contributed by atoms with E-state index in [2.05, 4.69) is 0 Å². The summed E-state index contributed by atoms with van der Waals surface area (Å²) in [6.45, 7) is 0.515. The predicted octanol–water partition coefficient (Wildman–Crippen LogP) is 6.69. The lowest BCUT2D eigenvalue weighted by Crippen LogP contribution is -2.20. The number of halogens is 1. The Balaban J connectivity index is 1.15. The Hall–Kier alpha value is -2.94. The van der Waals surface area contributed by atoms with E-state index >= 15 is 0 Å². The van der Waals surface area contributed by atoms with Crippen molar-refractivity contribution >= 4 is 35.1 Å². The smallest absolute Gasteiger partial charge is 0.311 e. The fourth-order valence-corrected chi connectivity index (χ4v) is 6.44. The first-order valence-corrected chi connectivity index (χ1v) is 16.1. The van der Waals surface area contributed by atoms with E-state index in [9.17, 15) is 19.8 Å². The molecule has 4 atom stereocenters. The summed E-state index contributed by atoms with van der Waals surface area (Å²) in [5.41, 5.74) is 4.09. The number of hydrogen-bond acceptors (Lipinski definition) is 7. The Morgan fingerprint density at radius 2 is 1.74 bits per heavy atom. The number of benzene rings is 3. The van der Waals surface area contributed by atoms with Crippen LogP contribution in [-0.2, 0) is 27.4 Å². The van der Waals surface area contributed by atoms with E-state index in [0.717, 1.165) is 33.8 Å². The molecule has 3 aromatic carbocycles. The van der Waals surface area contributed by atoms with Crippen molar-refractivity contribution in [2.45, 2.75) is 50.9 Å². The number of methoxy groups -OCH3 is 1. The minimum Gasteiger partial charge on any atom is -0.427 e. The van der Waals surface area contributed by atoms with Crippen molar-refractivity contribution in [2.24, 2.45) is 11.8 Å². The molecule has 0 spiro atoms. The van der Waals surface area contributed by atoms with Gasteiger partial charge in [0.15, 0.2) is 0 Å². The largest absolute Gasteiger partial charge is 0.427 e. The number of carbonyl (C=O) groups is 2. The molecular formula is C35H39ClO6S. The van der Waals surface area contributed by atoms with Crippen LogP contribution >= 0.6 is 23.4 Å². The number of thioether (sulfide) groups is 1. The molecule has 3 aromatic rings. The van der Waals surface area contributed by atoms with Gasteiger partial charge in [0.05, 0.1) is 18.8 Å². The van der Waals surface area contributed by atoms with Gasteiger partial charge < -0.3 is 19.7 Å². The molecule has 0 aliphatic heterocycles. The van der Waals surface area contributed by atoms with E-state index in [1.807, 2.05) is 66.7 Å². The van der Waals surface area contributed by atoms with Gasteiger partial charge in [0.2, 0.25) is 0 Å². The van der Waals surface area contributed by atoms with Crippen LogP contribution in [0, 0.1) is 11.8 Å². The number of rotatable bonds is 15. The summed E-state index contributed by atoms with van der Waals surface area (Å²) in [4.78, 5) is 24.9. The quantitative estimate of drug-likeness (QED) is 0.0844. The fourth-order valence-electron chi connectivity index (χ4n) is 5.34. The van der Waals surface area contributed by atoms with Crippen LogP contribution in [-0.4, -0.2) is 52.8 Å². The maximum absolute atomic E-state index is 12.6. The molecular weight excluding hydrogens is 584 g/mol. The second-order valence-corrected chi connectivity index (χ2v) is 12.5. The van der Waals surface area contributed by atoms with Crippen LogP contribution in [0.3, 0.4) is 0 Å². The molecule has 1 aliphatic rings. The van der Waals surface area contributed by atoms with Gasteiger partial charge in [-0.15, -0.1) is 0 Å². The number of Topliss-reactive ketones (excluding diaryl/α,β-unsaturated/α-hetero) is 1. The van der Waals surface area contributed by atoms with Crippen molar-refractivity contribution in [3.8, 4) is 16.9 Å². The van der Waals surface area contributed by atoms with E-state index in [1.54, 1.807) is 37.1 Å². The molecule has 0 bridgehead atoms. The zero-order valence-corrected chi connectivity index (χ0v) is 25.9. The average Bonchev–Trinajstić information content (AvgIpc) is 3.26. The number of ketones is 1. The minimum absolute atomic E-state index is 0.0650. The molecule has 8 heteroatoms. The first kappa shape index (κ1) is 33.0. The van der Waals surface area contributed by atoms with E-state index in [-0.39, 0.29) is 30.0 Å². The molecule has 4 rings (SSSR count). The van der Waals surface area contributed by atoms with Crippen LogP contribution in [0.2, 0.25) is 5.02 Å². The molecule has 0 unspecified atom stereocenters. The standard InChI is InChI=1S/C35H39ClO6S/c1-41-23-25-5-2-4-24(20-25)21-29(37)13-16-31-32(34(39)22-33(31)38)17-19-43-18-3-6-35(40)42-30-14-9-27(10-15-30)26-7-11-28(36)12-8-26/h2,4-5,7-16,20,29,31-33,37-38H,3,6,17-19,21-23H2,1H3/b16-13+/t29-,31-,32-,33-/m1/s1. The van der Waals surface area contributed by atoms with Crippen LogP contribution < -0.4 is 4.74 Å². The van der Waals surface area contributed by atoms with E-state index in [1.165, 1.54) is 0 Å². The highest BCUT2D eigenvalue weighted by Crippen LogP contribution is 2.34. The van der Waals surface area contributed by atoms with E-state index < -0.39 is 12.2 Å². The lowest BCUT2D eigenvalue weighted by atomic mass is 9.91. The van der Waals surface area contributed by atoms with Crippen molar-refractivity contribution in [1.29, 1.82) is 0 Å². The number of ether oxygens (including phenoxy) is 2. The van der Waals surface area contributed by atoms with Crippen LogP contribution in [0.1, 0.15) is 36.8 Å². The summed E-state index contributed by atoms with van der Waals surface area (Å²) in [5, 5.41) is 21.8. The molecule has 1 aliphatic carbocycles. The first-order chi connectivity index (χ1) is 20.8. The number of hydrogen-bond donors (Lipinski definition) is 2. The SMILES string of the molecule is COCc1cccc(C[C@H](O)/C=C/[C@H]2[C@H](O)CC(=O)[C@@H]2CCSCCCC(=O)Oc2ccc(-c3ccc(Cl)cc3)cc2)c1. The van der Waals surface area contributed by atoms with Crippen molar-refractivity contribution < 1.29 is 29.3 Å². The van der Waals surface area contributed by atoms with Gasteiger partial charge in [0.1, 0.15) is 11.5 Å². The summed E-state index contributed by atoms with van der Waals surface area (Å²) in [6.07, 6.45) is 4.30. The van der Waals surface area contributed by atoms with Crippen molar-refractivity contribution in [2.75, 3.05) is 18.6 Å². The van der Waals surface area contributed by atoms with Crippen LogP contribution in [0.4, 0.5) is 0 Å². The van der Waals surface area contributed by atoms with Gasteiger partial charge in [-0.3, -0.25) is 9.59 Å². The van der Waals surface area contributed by atoms with Gasteiger partial charge in [-0.2, -0.15) is 11.8 Å². The van der Waals surface area contributed by atoms with Crippen LogP contribution in [0.15, 0.2) is 84.9 Å². The number of aliphatic hydroxyl groups is 2. The summed E-state index contributed by atoms with van der Waals surface area (Å²) in [7, 11) is 1.65. The van der Waals surface area contributed by atoms with Crippen molar-refractivity contribution in [3.63, 3.8) is 0 Å². The van der Waals surface area contributed by atoms with Crippen molar-refractivity contribution in [1.82, 2.24) is 0 Å². The molecule has 1 saturated carbocycles. The third-order valence-electron chi connectivity index (χ3n) is 7.54. The summed E-state index contributed by atoms with van der Waals surface area (Å²) in [6, 6.07) is 22.9. The third-order valence-corrected chi connectivity index (χ3v) is 8.90. The Labute approximate surface area is 263 Å². The molecule has 0 radical (unpaired) electrons. The molecule has 6 nitrogen and oxygen atoms in total. The van der Waals surface area contributed by atoms with Gasteiger partial charge >= 0.3 is 5.97 Å². The second-order valence-electron chi connectivity index (χ2n) is 10.8. The van der Waals surface area contributed by atoms with Gasteiger partial charge in [0, 0.05) is 43.2 Å². The van der Waals surface area contributed by atoms with Crippen LogP contribution in [0.5, 0.6) is 5.75 Å². The van der Waals surface area contributed by atoms with Gasteiger partial charge in [0.25, 0.3) is 0 Å². The monoisotopic (exact) mass is 622 g/mol. The molecule has 228 valence electrons. The van der Waals surface area contributed by atoms with Crippen LogP contribution in [0.25, 0.3) is 11.1 Å². The van der Waals surface area contributed by atoms with E-state index in [4.69, 9.17) is 21.1 Å². The topological polar surface area (TPSA) is 93.1 Å². The Morgan fingerprint density at radius 3 is 2.47 bits per heavy atom. The van der Waals surface area contributed by atoms with Crippen molar-refractivity contribution in [3.05, 3.63) is 101 Å². The highest BCUT2D eigenvalue weighted by molar-refractivity contribution is 7.99. The van der Waals surface area contributed by atoms with Gasteiger partial charge in [-0.1, -0.05) is 72.3 Å². The maximum atomic E-state index is 12.6. The molecule has 43 heavy (non-hydrogen) atoms. The number of carbonyl (C=O) groups excluding carboxylic acids is 2. The first-order valence-electron chi connectivity index (χ1n) is 14.6. The summed E-state index contributed by atoms with van der Waals surface area (Å²) < 4.78 is 10.7. The fraction of sp³-hybridized carbons (Fsp3) is 0.371. The highest BCUT2D eigenvalue weighted by Gasteiger charge is 2.39. The molecule has 0 saturated heterocycles. The van der Waals surface area contributed by atoms with Gasteiger partial charge in [-0.25, -0.2) is 0 Å². The summed E-state index contributed by atoms with van der Waals surface area (Å²) in [5.74, 6) is 1.26. The lowest BCUT2D eigenvalue weighted by Gasteiger charge is -2.18. The normalized spacial score (nSPS) is 19.2. The molecule has 0 heterocycles. The Bertz CT molecular complexity index is 1360. The lowest BCUT2D eigenvalue weighted by molar-refractivity contribution is -0.134. The molecule has 0 aromatic heterocycles.